The molecule has 1 unspecified atom stereocenters. The Morgan fingerprint density at radius 3 is 2.87 bits per heavy atom. The van der Waals surface area contributed by atoms with Crippen LogP contribution in [0.25, 0.3) is 0 Å². The Balaban J connectivity index is 2.31. The molecule has 2 N–H and O–H groups in total. The van der Waals surface area contributed by atoms with E-state index in [-0.39, 0.29) is 16.9 Å². The van der Waals surface area contributed by atoms with Gasteiger partial charge in [0.05, 0.1) is 22.2 Å². The zero-order valence-corrected chi connectivity index (χ0v) is 10.2. The Labute approximate surface area is 93.4 Å². The second kappa shape index (κ2) is 3.54. The molecular weight excluding hydrogens is 232 g/mol. The van der Waals surface area contributed by atoms with Crippen LogP contribution in [0.2, 0.25) is 0 Å². The fraction of sp³-hybridized carbons (Fsp3) is 0.667. The third-order valence-electron chi connectivity index (χ3n) is 2.78. The lowest BCUT2D eigenvalue weighted by atomic mass is 9.91. The minimum atomic E-state index is -2.86. The number of sulfone groups is 1. The molecule has 0 amide bonds. The second-order valence-corrected chi connectivity index (χ2v) is 7.29. The Morgan fingerprint density at radius 2 is 2.40 bits per heavy atom. The van der Waals surface area contributed by atoms with Crippen LogP contribution in [0, 0.1) is 0 Å². The van der Waals surface area contributed by atoms with Crippen molar-refractivity contribution < 1.29 is 8.42 Å². The predicted molar refractivity (Wildman–Crippen MR) is 60.6 cm³/mol. The second-order valence-electron chi connectivity index (χ2n) is 4.25. The molecule has 84 valence electrons. The summed E-state index contributed by atoms with van der Waals surface area (Å²) < 4.78 is 22.9. The molecule has 0 radical (unpaired) electrons. The van der Waals surface area contributed by atoms with E-state index in [0.717, 1.165) is 10.7 Å². The Hall–Kier alpha value is -0.460. The highest BCUT2D eigenvalue weighted by Crippen LogP contribution is 2.37. The van der Waals surface area contributed by atoms with E-state index < -0.39 is 9.84 Å². The molecular formula is C9H14N2O2S2. The van der Waals surface area contributed by atoms with Gasteiger partial charge in [-0.25, -0.2) is 13.4 Å². The van der Waals surface area contributed by atoms with Crippen LogP contribution in [0.3, 0.4) is 0 Å². The van der Waals surface area contributed by atoms with Crippen molar-refractivity contribution in [2.45, 2.75) is 25.3 Å². The molecule has 0 aromatic carbocycles. The fourth-order valence-corrected chi connectivity index (χ4v) is 5.13. The summed E-state index contributed by atoms with van der Waals surface area (Å²) in [4.78, 5) is 4.38. The molecule has 1 fully saturated rings. The summed E-state index contributed by atoms with van der Waals surface area (Å²) in [5.41, 5.74) is 6.04. The quantitative estimate of drug-likeness (QED) is 0.832. The highest BCUT2D eigenvalue weighted by molar-refractivity contribution is 7.91. The van der Waals surface area contributed by atoms with Gasteiger partial charge in [0.1, 0.15) is 0 Å². The molecule has 0 bridgehead atoms. The average molecular weight is 246 g/mol. The smallest absolute Gasteiger partial charge is 0.151 e. The molecule has 2 heterocycles. The molecule has 1 aromatic rings. The molecule has 0 spiro atoms. The number of thiazole rings is 1. The van der Waals surface area contributed by atoms with Crippen molar-refractivity contribution in [2.24, 2.45) is 5.73 Å². The van der Waals surface area contributed by atoms with E-state index in [9.17, 15) is 8.42 Å². The normalized spacial score (nSPS) is 29.5. The number of hydrogen-bond acceptors (Lipinski definition) is 5. The number of rotatable bonds is 2. The van der Waals surface area contributed by atoms with Crippen LogP contribution in [-0.4, -0.2) is 24.9 Å². The highest BCUT2D eigenvalue weighted by Gasteiger charge is 2.41. The van der Waals surface area contributed by atoms with Crippen LogP contribution in [-0.2, 0) is 21.8 Å². The van der Waals surface area contributed by atoms with Gasteiger partial charge in [0.2, 0.25) is 0 Å². The van der Waals surface area contributed by atoms with E-state index in [1.807, 2.05) is 12.3 Å². The van der Waals surface area contributed by atoms with Crippen molar-refractivity contribution >= 4 is 21.2 Å². The van der Waals surface area contributed by atoms with Gasteiger partial charge in [-0.15, -0.1) is 11.3 Å². The summed E-state index contributed by atoms with van der Waals surface area (Å²) >= 11 is 1.52. The van der Waals surface area contributed by atoms with Gasteiger partial charge >= 0.3 is 0 Å². The molecule has 1 aliphatic heterocycles. The molecule has 1 atom stereocenters. The van der Waals surface area contributed by atoms with E-state index in [4.69, 9.17) is 5.73 Å². The van der Waals surface area contributed by atoms with Crippen molar-refractivity contribution in [3.8, 4) is 0 Å². The largest absolute Gasteiger partial charge is 0.325 e. The molecule has 1 aliphatic rings. The minimum Gasteiger partial charge on any atom is -0.325 e. The fourth-order valence-electron chi connectivity index (χ4n) is 1.86. The monoisotopic (exact) mass is 246 g/mol. The molecule has 0 aliphatic carbocycles. The van der Waals surface area contributed by atoms with Crippen molar-refractivity contribution in [3.05, 3.63) is 16.1 Å². The zero-order valence-electron chi connectivity index (χ0n) is 8.56. The molecule has 2 rings (SSSR count). The van der Waals surface area contributed by atoms with E-state index in [1.165, 1.54) is 11.3 Å². The first-order valence-corrected chi connectivity index (χ1v) is 7.51. The molecule has 1 aromatic heterocycles. The van der Waals surface area contributed by atoms with Gasteiger partial charge < -0.3 is 5.73 Å². The number of nitrogens with two attached hydrogens (primary N) is 1. The lowest BCUT2D eigenvalue weighted by molar-refractivity contribution is 0.531. The van der Waals surface area contributed by atoms with E-state index >= 15 is 0 Å². The van der Waals surface area contributed by atoms with Crippen LogP contribution in [0.1, 0.15) is 24.0 Å². The van der Waals surface area contributed by atoms with Crippen molar-refractivity contribution in [1.82, 2.24) is 4.98 Å². The van der Waals surface area contributed by atoms with Crippen molar-refractivity contribution in [3.63, 3.8) is 0 Å². The number of hydrogen-bond donors (Lipinski definition) is 1. The number of nitrogens with zero attached hydrogens (tertiary/aromatic N) is 1. The summed E-state index contributed by atoms with van der Waals surface area (Å²) in [7, 11) is -2.86. The van der Waals surface area contributed by atoms with E-state index in [1.54, 1.807) is 0 Å². The van der Waals surface area contributed by atoms with Gasteiger partial charge in [0.15, 0.2) is 9.84 Å². The predicted octanol–water partition coefficient (Wildman–Crippen LogP) is 0.678. The van der Waals surface area contributed by atoms with Gasteiger partial charge in [-0.2, -0.15) is 0 Å². The molecule has 1 saturated heterocycles. The maximum atomic E-state index is 11.4. The molecule has 0 saturated carbocycles. The molecule has 15 heavy (non-hydrogen) atoms. The summed E-state index contributed by atoms with van der Waals surface area (Å²) in [6.07, 6.45) is 0.673. The average Bonchev–Trinajstić information content (AvgIpc) is 2.71. The maximum Gasteiger partial charge on any atom is 0.151 e. The SMILES string of the molecule is CC1(c2nc(CN)cs2)CCS(=O)(=O)C1. The maximum absolute atomic E-state index is 11.4. The molecule has 6 heteroatoms. The Bertz CT molecular complexity index is 466. The van der Waals surface area contributed by atoms with Crippen LogP contribution in [0.15, 0.2) is 5.38 Å². The first kappa shape index (κ1) is 11.0. The first-order chi connectivity index (χ1) is 6.95. The van der Waals surface area contributed by atoms with Gasteiger partial charge in [0, 0.05) is 17.3 Å². The summed E-state index contributed by atoms with van der Waals surface area (Å²) in [5, 5.41) is 2.81. The van der Waals surface area contributed by atoms with Crippen molar-refractivity contribution in [1.29, 1.82) is 0 Å². The minimum absolute atomic E-state index is 0.220. The van der Waals surface area contributed by atoms with Gasteiger partial charge in [-0.1, -0.05) is 6.92 Å². The van der Waals surface area contributed by atoms with Crippen LogP contribution in [0.4, 0.5) is 0 Å². The summed E-state index contributed by atoms with van der Waals surface area (Å²) in [6, 6.07) is 0. The summed E-state index contributed by atoms with van der Waals surface area (Å²) in [6.45, 7) is 2.38. The molecule has 4 nitrogen and oxygen atoms in total. The van der Waals surface area contributed by atoms with E-state index in [2.05, 4.69) is 4.98 Å². The zero-order chi connectivity index (χ0) is 11.1. The lowest BCUT2D eigenvalue weighted by Crippen LogP contribution is -2.23. The van der Waals surface area contributed by atoms with Gasteiger partial charge in [-0.3, -0.25) is 0 Å². The highest BCUT2D eigenvalue weighted by atomic mass is 32.2. The van der Waals surface area contributed by atoms with E-state index in [0.29, 0.717) is 13.0 Å². The first-order valence-electron chi connectivity index (χ1n) is 4.81. The summed E-state index contributed by atoms with van der Waals surface area (Å²) in [5.74, 6) is 0.499. The van der Waals surface area contributed by atoms with Crippen molar-refractivity contribution in [2.75, 3.05) is 11.5 Å². The Morgan fingerprint density at radius 1 is 1.67 bits per heavy atom. The number of aromatic nitrogens is 1. The van der Waals surface area contributed by atoms with Gasteiger partial charge in [0.25, 0.3) is 0 Å². The topological polar surface area (TPSA) is 73.0 Å². The Kier molecular flexibility index (Phi) is 2.60. The van der Waals surface area contributed by atoms with Crippen LogP contribution < -0.4 is 5.73 Å². The standard InChI is InChI=1S/C9H14N2O2S2/c1-9(2-3-15(12,13)6-9)8-11-7(4-10)5-14-8/h5H,2-4,6,10H2,1H3. The lowest BCUT2D eigenvalue weighted by Gasteiger charge is -2.18. The van der Waals surface area contributed by atoms with Crippen LogP contribution >= 0.6 is 11.3 Å². The third kappa shape index (κ3) is 2.07. The van der Waals surface area contributed by atoms with Gasteiger partial charge in [-0.05, 0) is 6.42 Å². The van der Waals surface area contributed by atoms with Crippen LogP contribution in [0.5, 0.6) is 0 Å². The third-order valence-corrected chi connectivity index (χ3v) is 5.88.